The summed E-state index contributed by atoms with van der Waals surface area (Å²) in [5.41, 5.74) is 3.28. The molecular formula is C29H28Cl2N2O. The molecule has 0 aromatic heterocycles. The van der Waals surface area contributed by atoms with Gasteiger partial charge >= 0.3 is 0 Å². The standard InChI is InChI=1S/C29H28Cl2N2O/c1-21(25-13-7-11-24-10-5-6-12-26(24)25)32-17-16-29(34)33(19-22-8-3-2-4-9-22)20-23-14-15-27(30)28(31)18-23/h2-15,18,21,32H,16-17,19-20H2,1H3/t21-/m1/s1. The van der Waals surface area contributed by atoms with Crippen LogP contribution >= 0.6 is 23.2 Å². The zero-order valence-corrected chi connectivity index (χ0v) is 20.7. The number of amides is 1. The molecule has 4 aromatic rings. The zero-order valence-electron chi connectivity index (χ0n) is 19.2. The van der Waals surface area contributed by atoms with Crippen molar-refractivity contribution >= 4 is 39.9 Å². The third kappa shape index (κ3) is 6.18. The second-order valence-corrected chi connectivity index (χ2v) is 9.29. The minimum atomic E-state index is 0.0903. The number of fused-ring (bicyclic) bond motifs is 1. The van der Waals surface area contributed by atoms with Crippen LogP contribution in [0, 0.1) is 0 Å². The van der Waals surface area contributed by atoms with Gasteiger partial charge in [0.15, 0.2) is 0 Å². The Balaban J connectivity index is 1.42. The summed E-state index contributed by atoms with van der Waals surface area (Å²) >= 11 is 12.3. The van der Waals surface area contributed by atoms with Crippen molar-refractivity contribution in [3.8, 4) is 0 Å². The predicted octanol–water partition coefficient (Wildman–Crippen LogP) is 7.42. The fourth-order valence-corrected chi connectivity index (χ4v) is 4.51. The molecular weight excluding hydrogens is 463 g/mol. The van der Waals surface area contributed by atoms with Crippen LogP contribution in [-0.2, 0) is 17.9 Å². The normalized spacial score (nSPS) is 12.0. The molecule has 0 aliphatic rings. The third-order valence-corrected chi connectivity index (χ3v) is 6.74. The molecule has 0 heterocycles. The van der Waals surface area contributed by atoms with Crippen LogP contribution in [0.3, 0.4) is 0 Å². The average molecular weight is 491 g/mol. The van der Waals surface area contributed by atoms with Crippen LogP contribution in [0.25, 0.3) is 10.8 Å². The van der Waals surface area contributed by atoms with Crippen molar-refractivity contribution in [2.24, 2.45) is 0 Å². The Morgan fingerprint density at radius 3 is 2.32 bits per heavy atom. The number of carbonyl (C=O) groups is 1. The molecule has 0 radical (unpaired) electrons. The zero-order chi connectivity index (χ0) is 23.9. The molecule has 0 aliphatic heterocycles. The first-order chi connectivity index (χ1) is 16.5. The van der Waals surface area contributed by atoms with Crippen molar-refractivity contribution in [3.05, 3.63) is 118 Å². The Kier molecular flexibility index (Phi) is 8.23. The van der Waals surface area contributed by atoms with Crippen LogP contribution < -0.4 is 5.32 Å². The molecule has 3 nitrogen and oxygen atoms in total. The van der Waals surface area contributed by atoms with Gasteiger partial charge in [-0.15, -0.1) is 0 Å². The van der Waals surface area contributed by atoms with Gasteiger partial charge in [0, 0.05) is 32.1 Å². The van der Waals surface area contributed by atoms with E-state index in [0.29, 0.717) is 36.1 Å². The highest BCUT2D eigenvalue weighted by molar-refractivity contribution is 6.42. The van der Waals surface area contributed by atoms with Crippen molar-refractivity contribution in [3.63, 3.8) is 0 Å². The quantitative estimate of drug-likeness (QED) is 0.264. The second-order valence-electron chi connectivity index (χ2n) is 8.48. The molecule has 0 bridgehead atoms. The van der Waals surface area contributed by atoms with E-state index in [1.807, 2.05) is 47.4 Å². The number of nitrogens with one attached hydrogen (secondary N) is 1. The van der Waals surface area contributed by atoms with Gasteiger partial charge < -0.3 is 10.2 Å². The lowest BCUT2D eigenvalue weighted by Gasteiger charge is -2.24. The summed E-state index contributed by atoms with van der Waals surface area (Å²) in [4.78, 5) is 15.1. The fourth-order valence-electron chi connectivity index (χ4n) is 4.19. The largest absolute Gasteiger partial charge is 0.334 e. The van der Waals surface area contributed by atoms with E-state index in [4.69, 9.17) is 23.2 Å². The topological polar surface area (TPSA) is 32.3 Å². The number of benzene rings is 4. The van der Waals surface area contributed by atoms with Crippen molar-refractivity contribution < 1.29 is 4.79 Å². The van der Waals surface area contributed by atoms with Gasteiger partial charge in [0.25, 0.3) is 0 Å². The molecule has 34 heavy (non-hydrogen) atoms. The van der Waals surface area contributed by atoms with E-state index in [0.717, 1.165) is 11.1 Å². The first-order valence-corrected chi connectivity index (χ1v) is 12.2. The second kappa shape index (κ2) is 11.5. The van der Waals surface area contributed by atoms with Gasteiger partial charge in [0.05, 0.1) is 10.0 Å². The maximum Gasteiger partial charge on any atom is 0.224 e. The molecule has 4 aromatic carbocycles. The summed E-state index contributed by atoms with van der Waals surface area (Å²) in [7, 11) is 0. The van der Waals surface area contributed by atoms with Gasteiger partial charge in [-0.2, -0.15) is 0 Å². The van der Waals surface area contributed by atoms with E-state index in [1.54, 1.807) is 6.07 Å². The molecule has 5 heteroatoms. The van der Waals surface area contributed by atoms with Crippen molar-refractivity contribution in [2.75, 3.05) is 6.54 Å². The molecule has 0 spiro atoms. The molecule has 0 fully saturated rings. The van der Waals surface area contributed by atoms with Gasteiger partial charge in [-0.25, -0.2) is 0 Å². The summed E-state index contributed by atoms with van der Waals surface area (Å²) in [6, 6.07) is 30.4. The lowest BCUT2D eigenvalue weighted by atomic mass is 9.99. The minimum Gasteiger partial charge on any atom is -0.334 e. The minimum absolute atomic E-state index is 0.0903. The lowest BCUT2D eigenvalue weighted by Crippen LogP contribution is -2.33. The summed E-state index contributed by atoms with van der Waals surface area (Å²) in [5, 5.41) is 7.00. The van der Waals surface area contributed by atoms with Gasteiger partial charge in [-0.3, -0.25) is 4.79 Å². The number of nitrogens with zero attached hydrogens (tertiary/aromatic N) is 1. The van der Waals surface area contributed by atoms with Gasteiger partial charge in [-0.1, -0.05) is 102 Å². The van der Waals surface area contributed by atoms with Crippen LogP contribution in [0.15, 0.2) is 91.0 Å². The Hall–Kier alpha value is -2.85. The van der Waals surface area contributed by atoms with E-state index in [1.165, 1.54) is 16.3 Å². The molecule has 1 atom stereocenters. The summed E-state index contributed by atoms with van der Waals surface area (Å²) in [6.45, 7) is 3.75. The Bertz CT molecular complexity index is 1250. The summed E-state index contributed by atoms with van der Waals surface area (Å²) < 4.78 is 0. The van der Waals surface area contributed by atoms with E-state index >= 15 is 0 Å². The number of hydrogen-bond acceptors (Lipinski definition) is 2. The van der Waals surface area contributed by atoms with Crippen LogP contribution in [0.5, 0.6) is 0 Å². The molecule has 0 aliphatic carbocycles. The highest BCUT2D eigenvalue weighted by Crippen LogP contribution is 2.25. The average Bonchev–Trinajstić information content (AvgIpc) is 2.86. The highest BCUT2D eigenvalue weighted by atomic mass is 35.5. The van der Waals surface area contributed by atoms with Crippen molar-refractivity contribution in [2.45, 2.75) is 32.5 Å². The molecule has 0 saturated heterocycles. The van der Waals surface area contributed by atoms with E-state index in [2.05, 4.69) is 54.7 Å². The molecule has 174 valence electrons. The SMILES string of the molecule is C[C@@H](NCCC(=O)N(Cc1ccccc1)Cc1ccc(Cl)c(Cl)c1)c1cccc2ccccc12. The number of carbonyl (C=O) groups excluding carboxylic acids is 1. The Labute approximate surface area is 211 Å². The smallest absolute Gasteiger partial charge is 0.224 e. The first-order valence-electron chi connectivity index (χ1n) is 11.5. The first kappa shape index (κ1) is 24.3. The Morgan fingerprint density at radius 2 is 1.53 bits per heavy atom. The maximum absolute atomic E-state index is 13.3. The van der Waals surface area contributed by atoms with E-state index in [9.17, 15) is 4.79 Å². The van der Waals surface area contributed by atoms with Gasteiger partial charge in [0.1, 0.15) is 0 Å². The van der Waals surface area contributed by atoms with E-state index < -0.39 is 0 Å². The number of rotatable bonds is 9. The monoisotopic (exact) mass is 490 g/mol. The molecule has 0 unspecified atom stereocenters. The van der Waals surface area contributed by atoms with E-state index in [-0.39, 0.29) is 11.9 Å². The van der Waals surface area contributed by atoms with Crippen LogP contribution in [0.1, 0.15) is 36.1 Å². The predicted molar refractivity (Wildman–Crippen MR) is 142 cm³/mol. The molecule has 4 rings (SSSR count). The fraction of sp³-hybridized carbons (Fsp3) is 0.207. The molecule has 0 saturated carbocycles. The lowest BCUT2D eigenvalue weighted by molar-refractivity contribution is -0.132. The number of halogens is 2. The van der Waals surface area contributed by atoms with Gasteiger partial charge in [-0.05, 0) is 46.5 Å². The third-order valence-electron chi connectivity index (χ3n) is 6.01. The van der Waals surface area contributed by atoms with Gasteiger partial charge in [0.2, 0.25) is 5.91 Å². The molecule has 1 N–H and O–H groups in total. The summed E-state index contributed by atoms with van der Waals surface area (Å²) in [6.07, 6.45) is 0.406. The van der Waals surface area contributed by atoms with Crippen molar-refractivity contribution in [1.29, 1.82) is 0 Å². The number of hydrogen-bond donors (Lipinski definition) is 1. The maximum atomic E-state index is 13.3. The van der Waals surface area contributed by atoms with Crippen molar-refractivity contribution in [1.82, 2.24) is 10.2 Å². The van der Waals surface area contributed by atoms with Crippen LogP contribution in [0.4, 0.5) is 0 Å². The van der Waals surface area contributed by atoms with Crippen LogP contribution in [-0.4, -0.2) is 17.4 Å². The highest BCUT2D eigenvalue weighted by Gasteiger charge is 2.16. The molecule has 1 amide bonds. The summed E-state index contributed by atoms with van der Waals surface area (Å²) in [5.74, 6) is 0.0903. The van der Waals surface area contributed by atoms with Crippen LogP contribution in [0.2, 0.25) is 10.0 Å². The Morgan fingerprint density at radius 1 is 0.824 bits per heavy atom.